The number of hydrogen-bond acceptors (Lipinski definition) is 6. The topological polar surface area (TPSA) is 90.4 Å². The molecule has 24 heavy (non-hydrogen) atoms. The number of ether oxygens (including phenoxy) is 1. The third kappa shape index (κ3) is 3.75. The first-order chi connectivity index (χ1) is 11.3. The van der Waals surface area contributed by atoms with E-state index in [1.165, 1.54) is 10.6 Å². The Kier molecular flexibility index (Phi) is 5.17. The number of carbonyl (C=O) groups is 1. The summed E-state index contributed by atoms with van der Waals surface area (Å²) in [6, 6.07) is 0. The number of likely N-dealkylation sites (tertiary alicyclic amines) is 1. The lowest BCUT2D eigenvalue weighted by Gasteiger charge is -2.42. The number of carbonyl (C=O) groups excluding carboxylic acids is 1. The summed E-state index contributed by atoms with van der Waals surface area (Å²) in [6.07, 6.45) is 3.20. The van der Waals surface area contributed by atoms with E-state index in [0.717, 1.165) is 12.8 Å². The molecule has 0 aromatic carbocycles. The highest BCUT2D eigenvalue weighted by Crippen LogP contribution is 2.37. The second-order valence-corrected chi connectivity index (χ2v) is 9.10. The molecule has 3 heterocycles. The fourth-order valence-electron chi connectivity index (χ4n) is 4.12. The van der Waals surface area contributed by atoms with Gasteiger partial charge in [0.1, 0.15) is 0 Å². The number of rotatable bonds is 3. The molecule has 0 saturated carbocycles. The van der Waals surface area contributed by atoms with Crippen molar-refractivity contribution in [1.29, 1.82) is 0 Å². The molecule has 3 aliphatic heterocycles. The number of piperazine rings is 1. The van der Waals surface area contributed by atoms with Crippen molar-refractivity contribution in [2.45, 2.75) is 30.9 Å². The summed E-state index contributed by atoms with van der Waals surface area (Å²) >= 11 is 0. The molecule has 3 aliphatic rings. The molecule has 1 unspecified atom stereocenters. The third-order valence-electron chi connectivity index (χ3n) is 5.53. The molecule has 0 aliphatic carbocycles. The van der Waals surface area contributed by atoms with Gasteiger partial charge in [-0.2, -0.15) is 4.31 Å². The zero-order valence-electron chi connectivity index (χ0n) is 14.2. The Morgan fingerprint density at radius 3 is 2.42 bits per heavy atom. The zero-order valence-corrected chi connectivity index (χ0v) is 15.0. The number of nitrogens with zero attached hydrogens (tertiary/aromatic N) is 3. The molecule has 1 N–H and O–H groups in total. The predicted octanol–water partition coefficient (Wildman–Crippen LogP) is -1.29. The molecule has 3 fully saturated rings. The molecule has 0 radical (unpaired) electrons. The van der Waals surface area contributed by atoms with Crippen LogP contribution in [0.15, 0.2) is 0 Å². The molecule has 0 aromatic rings. The zero-order chi connectivity index (χ0) is 17.4. The maximum atomic E-state index is 12.6. The van der Waals surface area contributed by atoms with Crippen molar-refractivity contribution in [3.63, 3.8) is 0 Å². The Morgan fingerprint density at radius 1 is 1.21 bits per heavy atom. The Balaban J connectivity index is 1.58. The molecule has 138 valence electrons. The molecular formula is C15H27N3O5S. The van der Waals surface area contributed by atoms with Crippen LogP contribution in [0, 0.1) is 0 Å². The van der Waals surface area contributed by atoms with E-state index in [0.29, 0.717) is 52.4 Å². The lowest BCUT2D eigenvalue weighted by molar-refractivity contribution is -0.135. The summed E-state index contributed by atoms with van der Waals surface area (Å²) in [4.78, 5) is 16.5. The van der Waals surface area contributed by atoms with Gasteiger partial charge in [-0.15, -0.1) is 0 Å². The minimum Gasteiger partial charge on any atom is -0.392 e. The maximum Gasteiger partial charge on any atom is 0.236 e. The van der Waals surface area contributed by atoms with Crippen molar-refractivity contribution in [2.75, 3.05) is 58.7 Å². The number of aliphatic hydroxyl groups excluding tert-OH is 1. The van der Waals surface area contributed by atoms with Gasteiger partial charge in [0, 0.05) is 51.5 Å². The van der Waals surface area contributed by atoms with Crippen molar-refractivity contribution in [3.8, 4) is 0 Å². The van der Waals surface area contributed by atoms with Crippen LogP contribution < -0.4 is 0 Å². The van der Waals surface area contributed by atoms with Crippen molar-refractivity contribution < 1.29 is 23.1 Å². The average Bonchev–Trinajstić information content (AvgIpc) is 2.82. The minimum absolute atomic E-state index is 0.0168. The summed E-state index contributed by atoms with van der Waals surface area (Å²) in [5.41, 5.74) is -0.123. The second-order valence-electron chi connectivity index (χ2n) is 7.12. The van der Waals surface area contributed by atoms with Gasteiger partial charge in [0.2, 0.25) is 15.9 Å². The quantitative estimate of drug-likeness (QED) is 0.672. The van der Waals surface area contributed by atoms with Gasteiger partial charge in [-0.3, -0.25) is 9.69 Å². The SMILES string of the molecule is CS(=O)(=O)N1CCN(C(=O)CN2CC(O)CC23CCOCC3)CC1. The van der Waals surface area contributed by atoms with Gasteiger partial charge in [-0.05, 0) is 19.3 Å². The maximum absolute atomic E-state index is 12.6. The molecule has 1 spiro atoms. The first-order valence-corrected chi connectivity index (χ1v) is 10.4. The molecule has 8 nitrogen and oxygen atoms in total. The first-order valence-electron chi connectivity index (χ1n) is 8.54. The molecule has 3 rings (SSSR count). The summed E-state index contributed by atoms with van der Waals surface area (Å²) in [6.45, 7) is 3.72. The summed E-state index contributed by atoms with van der Waals surface area (Å²) < 4.78 is 30.0. The van der Waals surface area contributed by atoms with Crippen LogP contribution in [0.5, 0.6) is 0 Å². The van der Waals surface area contributed by atoms with Crippen LogP contribution in [0.1, 0.15) is 19.3 Å². The fraction of sp³-hybridized carbons (Fsp3) is 0.933. The molecule has 1 amide bonds. The van der Waals surface area contributed by atoms with Crippen LogP contribution in [0.4, 0.5) is 0 Å². The number of β-amino-alcohol motifs (C(OH)–C–C–N with tert-alkyl or cyclic N) is 1. The Labute approximate surface area is 143 Å². The van der Waals surface area contributed by atoms with E-state index in [9.17, 15) is 18.3 Å². The van der Waals surface area contributed by atoms with E-state index in [-0.39, 0.29) is 18.0 Å². The highest BCUT2D eigenvalue weighted by Gasteiger charge is 2.46. The Hall–Kier alpha value is -0.740. The highest BCUT2D eigenvalue weighted by atomic mass is 32.2. The third-order valence-corrected chi connectivity index (χ3v) is 6.83. The van der Waals surface area contributed by atoms with Crippen LogP contribution in [-0.4, -0.2) is 104 Å². The lowest BCUT2D eigenvalue weighted by Crippen LogP contribution is -2.55. The molecule has 1 atom stereocenters. The van der Waals surface area contributed by atoms with Crippen molar-refractivity contribution in [1.82, 2.24) is 14.1 Å². The second kappa shape index (κ2) is 6.87. The van der Waals surface area contributed by atoms with E-state index >= 15 is 0 Å². The number of sulfonamides is 1. The van der Waals surface area contributed by atoms with Crippen LogP contribution in [0.25, 0.3) is 0 Å². The van der Waals surface area contributed by atoms with Crippen molar-refractivity contribution >= 4 is 15.9 Å². The first kappa shape index (κ1) is 18.1. The smallest absolute Gasteiger partial charge is 0.236 e. The number of hydrogen-bond donors (Lipinski definition) is 1. The van der Waals surface area contributed by atoms with Crippen molar-refractivity contribution in [3.05, 3.63) is 0 Å². The van der Waals surface area contributed by atoms with Gasteiger partial charge >= 0.3 is 0 Å². The molecule has 3 saturated heterocycles. The van der Waals surface area contributed by atoms with E-state index in [1.807, 2.05) is 0 Å². The van der Waals surface area contributed by atoms with Gasteiger partial charge < -0.3 is 14.7 Å². The molecule has 0 aromatic heterocycles. The van der Waals surface area contributed by atoms with Crippen LogP contribution in [0.3, 0.4) is 0 Å². The summed E-state index contributed by atoms with van der Waals surface area (Å²) in [7, 11) is -3.19. The van der Waals surface area contributed by atoms with Gasteiger partial charge in [-0.1, -0.05) is 0 Å². The Morgan fingerprint density at radius 2 is 1.83 bits per heavy atom. The van der Waals surface area contributed by atoms with Gasteiger partial charge in [-0.25, -0.2) is 8.42 Å². The normalized spacial score (nSPS) is 29.2. The van der Waals surface area contributed by atoms with Crippen molar-refractivity contribution in [2.24, 2.45) is 0 Å². The average molecular weight is 361 g/mol. The largest absolute Gasteiger partial charge is 0.392 e. The minimum atomic E-state index is -3.19. The summed E-state index contributed by atoms with van der Waals surface area (Å²) in [5, 5.41) is 10.1. The van der Waals surface area contributed by atoms with E-state index in [2.05, 4.69) is 4.90 Å². The van der Waals surface area contributed by atoms with E-state index in [1.54, 1.807) is 4.90 Å². The molecule has 0 bridgehead atoms. The summed E-state index contributed by atoms with van der Waals surface area (Å²) in [5.74, 6) is 0.0168. The number of amides is 1. The highest BCUT2D eigenvalue weighted by molar-refractivity contribution is 7.88. The molecular weight excluding hydrogens is 334 g/mol. The monoisotopic (exact) mass is 361 g/mol. The fourth-order valence-corrected chi connectivity index (χ4v) is 4.94. The molecule has 9 heteroatoms. The van der Waals surface area contributed by atoms with Crippen LogP contribution >= 0.6 is 0 Å². The van der Waals surface area contributed by atoms with Gasteiger partial charge in [0.15, 0.2) is 0 Å². The lowest BCUT2D eigenvalue weighted by atomic mass is 9.87. The Bertz CT molecular complexity index is 568. The van der Waals surface area contributed by atoms with Crippen LogP contribution in [-0.2, 0) is 19.6 Å². The standard InChI is InChI=1S/C15H27N3O5S/c1-24(21,22)18-6-4-16(5-7-18)14(20)12-17-11-13(19)10-15(17)2-8-23-9-3-15/h13,19H,2-12H2,1H3. The number of aliphatic hydroxyl groups is 1. The predicted molar refractivity (Wildman–Crippen MR) is 88.0 cm³/mol. The van der Waals surface area contributed by atoms with Crippen LogP contribution in [0.2, 0.25) is 0 Å². The van der Waals surface area contributed by atoms with E-state index < -0.39 is 16.1 Å². The van der Waals surface area contributed by atoms with Gasteiger partial charge in [0.25, 0.3) is 0 Å². The van der Waals surface area contributed by atoms with Gasteiger partial charge in [0.05, 0.1) is 18.9 Å². The van der Waals surface area contributed by atoms with E-state index in [4.69, 9.17) is 4.74 Å².